The van der Waals surface area contributed by atoms with Crippen molar-refractivity contribution in [3.8, 4) is 11.5 Å². The molecule has 0 radical (unpaired) electrons. The number of fused-ring (bicyclic) bond motifs is 2. The first kappa shape index (κ1) is 17.7. The van der Waals surface area contributed by atoms with Crippen molar-refractivity contribution in [2.75, 3.05) is 23.3 Å². The molecule has 5 rings (SSSR count). The van der Waals surface area contributed by atoms with Gasteiger partial charge in [-0.1, -0.05) is 36.4 Å². The molecule has 2 aliphatic rings. The van der Waals surface area contributed by atoms with E-state index < -0.39 is 5.92 Å². The Labute approximate surface area is 169 Å². The number of carbonyl (C=O) groups is 1. The van der Waals surface area contributed by atoms with Crippen LogP contribution in [0, 0.1) is 0 Å². The third kappa shape index (κ3) is 3.42. The summed E-state index contributed by atoms with van der Waals surface area (Å²) in [6.45, 7) is 1.98. The zero-order valence-corrected chi connectivity index (χ0v) is 16.0. The maximum Gasteiger partial charge on any atom is 0.237 e. The summed E-state index contributed by atoms with van der Waals surface area (Å²) >= 11 is 0. The SMILES string of the molecule is O=C(Nc1cc(N2CCCCC2)ncn1)C1c2ccccc2Oc2ccccc21. The van der Waals surface area contributed by atoms with E-state index in [1.165, 1.54) is 25.6 Å². The van der Waals surface area contributed by atoms with E-state index >= 15 is 0 Å². The first-order valence-electron chi connectivity index (χ1n) is 10.0. The molecular formula is C23H22N4O2. The van der Waals surface area contributed by atoms with Crippen molar-refractivity contribution in [1.29, 1.82) is 0 Å². The molecule has 6 nitrogen and oxygen atoms in total. The molecule has 146 valence electrons. The van der Waals surface area contributed by atoms with Crippen molar-refractivity contribution in [3.05, 3.63) is 72.1 Å². The average Bonchev–Trinajstić information content (AvgIpc) is 2.78. The number of carbonyl (C=O) groups excluding carboxylic acids is 1. The Morgan fingerprint density at radius 3 is 2.28 bits per heavy atom. The second kappa shape index (κ2) is 7.54. The fourth-order valence-electron chi connectivity index (χ4n) is 4.10. The van der Waals surface area contributed by atoms with Gasteiger partial charge in [0.15, 0.2) is 0 Å². The van der Waals surface area contributed by atoms with Gasteiger partial charge in [-0.25, -0.2) is 9.97 Å². The van der Waals surface area contributed by atoms with Gasteiger partial charge in [-0.3, -0.25) is 4.79 Å². The molecule has 0 unspecified atom stereocenters. The molecule has 1 aromatic heterocycles. The number of hydrogen-bond acceptors (Lipinski definition) is 5. The molecule has 0 saturated carbocycles. The van der Waals surface area contributed by atoms with E-state index in [9.17, 15) is 4.79 Å². The van der Waals surface area contributed by atoms with Gasteiger partial charge < -0.3 is 15.0 Å². The van der Waals surface area contributed by atoms with Crippen LogP contribution >= 0.6 is 0 Å². The van der Waals surface area contributed by atoms with Crippen LogP contribution in [0.5, 0.6) is 11.5 Å². The maximum atomic E-state index is 13.3. The highest BCUT2D eigenvalue weighted by molar-refractivity contribution is 5.99. The number of nitrogens with one attached hydrogen (secondary N) is 1. The molecule has 1 saturated heterocycles. The van der Waals surface area contributed by atoms with Crippen molar-refractivity contribution in [1.82, 2.24) is 9.97 Å². The first-order chi connectivity index (χ1) is 14.3. The zero-order valence-electron chi connectivity index (χ0n) is 16.0. The fourth-order valence-corrected chi connectivity index (χ4v) is 4.10. The summed E-state index contributed by atoms with van der Waals surface area (Å²) in [5, 5.41) is 3.00. The number of rotatable bonds is 3. The van der Waals surface area contributed by atoms with Gasteiger partial charge in [-0.2, -0.15) is 0 Å². The summed E-state index contributed by atoms with van der Waals surface area (Å²) in [6, 6.07) is 17.2. The Balaban J connectivity index is 1.44. The van der Waals surface area contributed by atoms with Crippen molar-refractivity contribution < 1.29 is 9.53 Å². The number of nitrogens with zero attached hydrogens (tertiary/aromatic N) is 3. The van der Waals surface area contributed by atoms with Gasteiger partial charge in [-0.15, -0.1) is 0 Å². The van der Waals surface area contributed by atoms with Crippen LogP contribution in [0.15, 0.2) is 60.9 Å². The van der Waals surface area contributed by atoms with Crippen LogP contribution in [0.2, 0.25) is 0 Å². The van der Waals surface area contributed by atoms with Crippen LogP contribution in [-0.4, -0.2) is 29.0 Å². The van der Waals surface area contributed by atoms with Gasteiger partial charge in [-0.05, 0) is 31.4 Å². The molecule has 1 amide bonds. The Hall–Kier alpha value is -3.41. The lowest BCUT2D eigenvalue weighted by molar-refractivity contribution is -0.116. The minimum absolute atomic E-state index is 0.128. The summed E-state index contributed by atoms with van der Waals surface area (Å²) in [4.78, 5) is 24.3. The number of amides is 1. The van der Waals surface area contributed by atoms with Crippen LogP contribution in [-0.2, 0) is 4.79 Å². The number of benzene rings is 2. The fraction of sp³-hybridized carbons (Fsp3) is 0.261. The molecule has 29 heavy (non-hydrogen) atoms. The van der Waals surface area contributed by atoms with E-state index in [2.05, 4.69) is 20.2 Å². The molecule has 2 aliphatic heterocycles. The van der Waals surface area contributed by atoms with E-state index in [1.54, 1.807) is 0 Å². The van der Waals surface area contributed by atoms with Crippen molar-refractivity contribution in [3.63, 3.8) is 0 Å². The lowest BCUT2D eigenvalue weighted by Gasteiger charge is -2.28. The lowest BCUT2D eigenvalue weighted by atomic mass is 9.87. The zero-order chi connectivity index (χ0) is 19.6. The quantitative estimate of drug-likeness (QED) is 0.725. The first-order valence-corrected chi connectivity index (χ1v) is 10.0. The molecule has 6 heteroatoms. The molecule has 0 atom stereocenters. The highest BCUT2D eigenvalue weighted by Gasteiger charge is 2.32. The highest BCUT2D eigenvalue weighted by Crippen LogP contribution is 2.44. The van der Waals surface area contributed by atoms with Crippen LogP contribution < -0.4 is 15.0 Å². The third-order valence-corrected chi connectivity index (χ3v) is 5.53. The summed E-state index contributed by atoms with van der Waals surface area (Å²) < 4.78 is 5.99. The van der Waals surface area contributed by atoms with Crippen molar-refractivity contribution in [2.24, 2.45) is 0 Å². The van der Waals surface area contributed by atoms with Crippen LogP contribution in [0.3, 0.4) is 0 Å². The third-order valence-electron chi connectivity index (χ3n) is 5.53. The van der Waals surface area contributed by atoms with Crippen LogP contribution in [0.25, 0.3) is 0 Å². The molecule has 1 N–H and O–H groups in total. The standard InChI is InChI=1S/C23H22N4O2/c28-23(26-20-14-21(25-15-24-20)27-12-6-1-7-13-27)22-16-8-2-4-10-18(16)29-19-11-5-3-9-17(19)22/h2-5,8-11,14-15,22H,1,6-7,12-13H2,(H,24,25,26,28). The Morgan fingerprint density at radius 2 is 1.59 bits per heavy atom. The predicted molar refractivity (Wildman–Crippen MR) is 112 cm³/mol. The van der Waals surface area contributed by atoms with E-state index in [0.717, 1.165) is 30.0 Å². The number of aromatic nitrogens is 2. The molecule has 3 aromatic rings. The second-order valence-electron chi connectivity index (χ2n) is 7.41. The van der Waals surface area contributed by atoms with Crippen LogP contribution in [0.1, 0.15) is 36.3 Å². The summed E-state index contributed by atoms with van der Waals surface area (Å²) in [5.74, 6) is 2.22. The monoisotopic (exact) mass is 386 g/mol. The average molecular weight is 386 g/mol. The van der Waals surface area contributed by atoms with Gasteiger partial charge in [0, 0.05) is 30.3 Å². The molecule has 1 fully saturated rings. The largest absolute Gasteiger partial charge is 0.457 e. The molecular weight excluding hydrogens is 364 g/mol. The number of hydrogen-bond donors (Lipinski definition) is 1. The van der Waals surface area contributed by atoms with Gasteiger partial charge >= 0.3 is 0 Å². The van der Waals surface area contributed by atoms with E-state index in [-0.39, 0.29) is 5.91 Å². The Bertz CT molecular complexity index is 1000. The number of ether oxygens (including phenoxy) is 1. The Kier molecular flexibility index (Phi) is 4.60. The second-order valence-corrected chi connectivity index (χ2v) is 7.41. The molecule has 0 spiro atoms. The summed E-state index contributed by atoms with van der Waals surface area (Å²) in [6.07, 6.45) is 5.11. The van der Waals surface area contributed by atoms with Gasteiger partial charge in [0.05, 0.1) is 5.92 Å². The minimum Gasteiger partial charge on any atom is -0.457 e. The molecule has 3 heterocycles. The Morgan fingerprint density at radius 1 is 0.931 bits per heavy atom. The van der Waals surface area contributed by atoms with E-state index in [4.69, 9.17) is 4.74 Å². The summed E-state index contributed by atoms with van der Waals surface area (Å²) in [7, 11) is 0. The van der Waals surface area contributed by atoms with E-state index in [0.29, 0.717) is 17.3 Å². The van der Waals surface area contributed by atoms with Gasteiger partial charge in [0.25, 0.3) is 0 Å². The minimum atomic E-state index is -0.454. The van der Waals surface area contributed by atoms with Gasteiger partial charge in [0.2, 0.25) is 5.91 Å². The molecule has 0 aliphatic carbocycles. The normalized spacial score (nSPS) is 15.8. The highest BCUT2D eigenvalue weighted by atomic mass is 16.5. The predicted octanol–water partition coefficient (Wildman–Crippen LogP) is 4.34. The van der Waals surface area contributed by atoms with Crippen molar-refractivity contribution >= 4 is 17.5 Å². The van der Waals surface area contributed by atoms with Crippen molar-refractivity contribution in [2.45, 2.75) is 25.2 Å². The number of para-hydroxylation sites is 2. The lowest BCUT2D eigenvalue weighted by Crippen LogP contribution is -2.30. The van der Waals surface area contributed by atoms with Crippen LogP contribution in [0.4, 0.5) is 11.6 Å². The molecule has 2 aromatic carbocycles. The topological polar surface area (TPSA) is 67.4 Å². The van der Waals surface area contributed by atoms with Gasteiger partial charge in [0.1, 0.15) is 29.5 Å². The smallest absolute Gasteiger partial charge is 0.237 e. The van der Waals surface area contributed by atoms with E-state index in [1.807, 2.05) is 54.6 Å². The number of anilines is 2. The molecule has 0 bridgehead atoms. The number of piperidine rings is 1. The maximum absolute atomic E-state index is 13.3. The summed E-state index contributed by atoms with van der Waals surface area (Å²) in [5.41, 5.74) is 1.71.